The van der Waals surface area contributed by atoms with E-state index < -0.39 is 23.1 Å². The minimum atomic E-state index is -0.933. The number of halogens is 3. The van der Waals surface area contributed by atoms with Crippen LogP contribution in [0, 0.1) is 11.6 Å². The average molecular weight is 248 g/mol. The Labute approximate surface area is 97.6 Å². The highest BCUT2D eigenvalue weighted by Crippen LogP contribution is 2.16. The lowest BCUT2D eigenvalue weighted by molar-refractivity contribution is -0.121. The Bertz CT molecular complexity index is 396. The highest BCUT2D eigenvalue weighted by Gasteiger charge is 2.14. The molecular weight excluding hydrogens is 236 g/mol. The molecule has 2 atom stereocenters. The van der Waals surface area contributed by atoms with Crippen molar-refractivity contribution in [1.82, 2.24) is 5.32 Å². The lowest BCUT2D eigenvalue weighted by atomic mass is 10.1. The second kappa shape index (κ2) is 5.25. The maximum Gasteiger partial charge on any atom is 0.238 e. The molecule has 1 aromatic carbocycles. The van der Waals surface area contributed by atoms with Gasteiger partial charge < -0.3 is 5.32 Å². The van der Waals surface area contributed by atoms with Gasteiger partial charge in [-0.3, -0.25) is 4.79 Å². The average Bonchev–Trinajstić information content (AvgIpc) is 2.21. The first kappa shape index (κ1) is 12.9. The predicted octanol–water partition coefficient (Wildman–Crippen LogP) is 2.77. The van der Waals surface area contributed by atoms with Crippen LogP contribution in [0.1, 0.15) is 25.5 Å². The van der Waals surface area contributed by atoms with Crippen molar-refractivity contribution >= 4 is 17.5 Å². The van der Waals surface area contributed by atoms with E-state index in [9.17, 15) is 13.6 Å². The first-order valence-corrected chi connectivity index (χ1v) is 5.25. The first-order chi connectivity index (χ1) is 7.41. The third kappa shape index (κ3) is 3.17. The predicted molar refractivity (Wildman–Crippen MR) is 58.2 cm³/mol. The Morgan fingerprint density at radius 1 is 1.31 bits per heavy atom. The Morgan fingerprint density at radius 3 is 2.44 bits per heavy atom. The van der Waals surface area contributed by atoms with E-state index in [1.807, 2.05) is 0 Å². The molecule has 1 rings (SSSR count). The number of hydrogen-bond donors (Lipinski definition) is 1. The quantitative estimate of drug-likeness (QED) is 0.818. The maximum absolute atomic E-state index is 12.9. The zero-order valence-corrected chi connectivity index (χ0v) is 9.68. The summed E-state index contributed by atoms with van der Waals surface area (Å²) < 4.78 is 25.6. The van der Waals surface area contributed by atoms with Crippen molar-refractivity contribution < 1.29 is 13.6 Å². The van der Waals surface area contributed by atoms with Crippen LogP contribution in [0.4, 0.5) is 8.78 Å². The number of hydrogen-bond acceptors (Lipinski definition) is 1. The van der Waals surface area contributed by atoms with Gasteiger partial charge in [-0.2, -0.15) is 0 Å². The minimum absolute atomic E-state index is 0.348. The van der Waals surface area contributed by atoms with Crippen molar-refractivity contribution in [3.8, 4) is 0 Å². The van der Waals surface area contributed by atoms with Gasteiger partial charge in [-0.15, -0.1) is 11.6 Å². The summed E-state index contributed by atoms with van der Waals surface area (Å²) in [7, 11) is 0. The topological polar surface area (TPSA) is 29.1 Å². The van der Waals surface area contributed by atoms with Gasteiger partial charge in [0, 0.05) is 0 Å². The van der Waals surface area contributed by atoms with Gasteiger partial charge >= 0.3 is 0 Å². The molecule has 2 unspecified atom stereocenters. The largest absolute Gasteiger partial charge is 0.348 e. The molecule has 1 aromatic rings. The molecule has 16 heavy (non-hydrogen) atoms. The molecule has 0 saturated heterocycles. The van der Waals surface area contributed by atoms with E-state index in [1.165, 1.54) is 13.0 Å². The molecule has 0 aliphatic heterocycles. The summed E-state index contributed by atoms with van der Waals surface area (Å²) >= 11 is 5.57. The van der Waals surface area contributed by atoms with Crippen LogP contribution in [0.2, 0.25) is 0 Å². The van der Waals surface area contributed by atoms with E-state index in [1.54, 1.807) is 6.92 Å². The molecular formula is C11H12ClF2NO. The minimum Gasteiger partial charge on any atom is -0.348 e. The molecule has 0 heterocycles. The molecule has 88 valence electrons. The van der Waals surface area contributed by atoms with Gasteiger partial charge in [0.25, 0.3) is 0 Å². The van der Waals surface area contributed by atoms with Crippen LogP contribution in [0.5, 0.6) is 0 Å². The number of benzene rings is 1. The molecule has 5 heteroatoms. The zero-order valence-electron chi connectivity index (χ0n) is 8.93. The van der Waals surface area contributed by atoms with Crippen LogP contribution < -0.4 is 5.32 Å². The summed E-state index contributed by atoms with van der Waals surface area (Å²) in [4.78, 5) is 11.3. The molecule has 0 radical (unpaired) electrons. The molecule has 0 saturated carbocycles. The molecule has 0 spiro atoms. The number of nitrogens with one attached hydrogen (secondary N) is 1. The highest BCUT2D eigenvalue weighted by molar-refractivity contribution is 6.30. The van der Waals surface area contributed by atoms with Gasteiger partial charge in [0.05, 0.1) is 6.04 Å². The summed E-state index contributed by atoms with van der Waals surface area (Å²) in [6, 6.07) is 3.09. The summed E-state index contributed by atoms with van der Waals surface area (Å²) in [6.45, 7) is 3.21. The second-order valence-corrected chi connectivity index (χ2v) is 4.17. The summed E-state index contributed by atoms with van der Waals surface area (Å²) in [5.41, 5.74) is 0.490. The lowest BCUT2D eigenvalue weighted by Crippen LogP contribution is -2.32. The van der Waals surface area contributed by atoms with Crippen LogP contribution in [-0.4, -0.2) is 11.3 Å². The van der Waals surface area contributed by atoms with Crippen LogP contribution in [0.25, 0.3) is 0 Å². The van der Waals surface area contributed by atoms with Crippen molar-refractivity contribution in [2.24, 2.45) is 0 Å². The highest BCUT2D eigenvalue weighted by atomic mass is 35.5. The van der Waals surface area contributed by atoms with Crippen molar-refractivity contribution in [1.29, 1.82) is 0 Å². The molecule has 1 amide bonds. The van der Waals surface area contributed by atoms with Gasteiger partial charge in [-0.05, 0) is 31.5 Å². The lowest BCUT2D eigenvalue weighted by Gasteiger charge is -2.15. The van der Waals surface area contributed by atoms with Gasteiger partial charge in [0.1, 0.15) is 5.38 Å². The van der Waals surface area contributed by atoms with E-state index in [0.29, 0.717) is 5.56 Å². The van der Waals surface area contributed by atoms with Gasteiger partial charge in [0.2, 0.25) is 5.91 Å². The number of carbonyl (C=O) groups excluding carboxylic acids is 1. The van der Waals surface area contributed by atoms with Gasteiger partial charge in [-0.1, -0.05) is 6.07 Å². The number of rotatable bonds is 3. The van der Waals surface area contributed by atoms with Crippen molar-refractivity contribution in [2.45, 2.75) is 25.3 Å². The molecule has 0 aromatic heterocycles. The fraction of sp³-hybridized carbons (Fsp3) is 0.364. The normalized spacial score (nSPS) is 14.3. The Hall–Kier alpha value is -1.16. The summed E-state index contributed by atoms with van der Waals surface area (Å²) in [6.07, 6.45) is 0. The Morgan fingerprint density at radius 2 is 1.94 bits per heavy atom. The molecule has 0 fully saturated rings. The molecule has 0 aliphatic carbocycles. The van der Waals surface area contributed by atoms with Crippen LogP contribution in [0.3, 0.4) is 0 Å². The SMILES string of the molecule is CC(Cl)C(=O)NC(C)c1ccc(F)c(F)c1. The van der Waals surface area contributed by atoms with E-state index in [0.717, 1.165) is 12.1 Å². The second-order valence-electron chi connectivity index (χ2n) is 3.52. The number of amides is 1. The Balaban J connectivity index is 2.77. The van der Waals surface area contributed by atoms with Crippen molar-refractivity contribution in [2.75, 3.05) is 0 Å². The first-order valence-electron chi connectivity index (χ1n) is 4.81. The molecule has 0 aliphatic rings. The summed E-state index contributed by atoms with van der Waals surface area (Å²) in [5, 5.41) is 1.92. The fourth-order valence-corrected chi connectivity index (χ4v) is 1.26. The van der Waals surface area contributed by atoms with Crippen LogP contribution >= 0.6 is 11.6 Å². The zero-order chi connectivity index (χ0) is 12.3. The van der Waals surface area contributed by atoms with Gasteiger partial charge in [0.15, 0.2) is 11.6 Å². The monoisotopic (exact) mass is 247 g/mol. The van der Waals surface area contributed by atoms with Crippen LogP contribution in [0.15, 0.2) is 18.2 Å². The fourth-order valence-electron chi connectivity index (χ4n) is 1.19. The molecule has 1 N–H and O–H groups in total. The molecule has 0 bridgehead atoms. The Kier molecular flexibility index (Phi) is 4.24. The number of carbonyl (C=O) groups is 1. The van der Waals surface area contributed by atoms with E-state index in [4.69, 9.17) is 11.6 Å². The van der Waals surface area contributed by atoms with E-state index in [-0.39, 0.29) is 5.91 Å². The smallest absolute Gasteiger partial charge is 0.238 e. The van der Waals surface area contributed by atoms with Gasteiger partial charge in [-0.25, -0.2) is 8.78 Å². The van der Waals surface area contributed by atoms with Crippen molar-refractivity contribution in [3.05, 3.63) is 35.4 Å². The van der Waals surface area contributed by atoms with E-state index >= 15 is 0 Å². The maximum atomic E-state index is 12.9. The summed E-state index contributed by atoms with van der Waals surface area (Å²) in [5.74, 6) is -2.19. The molecule has 2 nitrogen and oxygen atoms in total. The van der Waals surface area contributed by atoms with Crippen LogP contribution in [-0.2, 0) is 4.79 Å². The standard InChI is InChI=1S/C11H12ClF2NO/c1-6(12)11(16)15-7(2)8-3-4-9(13)10(14)5-8/h3-7H,1-2H3,(H,15,16). The van der Waals surface area contributed by atoms with Crippen molar-refractivity contribution in [3.63, 3.8) is 0 Å². The third-order valence-corrected chi connectivity index (χ3v) is 2.36. The number of alkyl halides is 1. The van der Waals surface area contributed by atoms with E-state index in [2.05, 4.69) is 5.32 Å². The third-order valence-electron chi connectivity index (χ3n) is 2.16.